The monoisotopic (exact) mass is 642 g/mol. The number of pyridine rings is 1. The van der Waals surface area contributed by atoms with Crippen LogP contribution >= 0.6 is 11.3 Å². The van der Waals surface area contributed by atoms with Crippen LogP contribution in [0.15, 0.2) is 158 Å². The van der Waals surface area contributed by atoms with Crippen molar-refractivity contribution in [3.8, 4) is 45.3 Å². The number of rotatable bonds is 4. The van der Waals surface area contributed by atoms with Gasteiger partial charge in [0.2, 0.25) is 0 Å². The molecule has 4 nitrogen and oxygen atoms in total. The van der Waals surface area contributed by atoms with Gasteiger partial charge in [-0.05, 0) is 63.0 Å². The lowest BCUT2D eigenvalue weighted by atomic mass is 9.91. The summed E-state index contributed by atoms with van der Waals surface area (Å²) >= 11 is 1.80. The normalized spacial score (nSPS) is 11.7. The van der Waals surface area contributed by atoms with Crippen LogP contribution in [0, 0.1) is 0 Å². The molecule has 0 N–H and O–H groups in total. The van der Waals surface area contributed by atoms with Gasteiger partial charge >= 0.3 is 0 Å². The highest BCUT2D eigenvalue weighted by molar-refractivity contribution is 7.25. The molecule has 3 aromatic heterocycles. The Labute approximate surface area is 286 Å². The number of thiophene rings is 1. The van der Waals surface area contributed by atoms with E-state index in [0.29, 0.717) is 17.5 Å². The Bertz CT molecular complexity index is 2860. The summed E-state index contributed by atoms with van der Waals surface area (Å²) < 4.78 is 2.50. The summed E-state index contributed by atoms with van der Waals surface area (Å²) in [4.78, 5) is 19.7. The van der Waals surface area contributed by atoms with E-state index in [9.17, 15) is 0 Å². The smallest absolute Gasteiger partial charge is 0.164 e. The minimum absolute atomic E-state index is 0.646. The molecule has 0 aliphatic carbocycles. The van der Waals surface area contributed by atoms with E-state index in [2.05, 4.69) is 120 Å². The van der Waals surface area contributed by atoms with Crippen molar-refractivity contribution in [3.05, 3.63) is 158 Å². The first-order valence-electron chi connectivity index (χ1n) is 16.3. The third-order valence-electron chi connectivity index (χ3n) is 9.36. The molecular formula is C44H26N4S. The van der Waals surface area contributed by atoms with E-state index in [-0.39, 0.29) is 0 Å². The summed E-state index contributed by atoms with van der Waals surface area (Å²) in [7, 11) is 0. The second kappa shape index (κ2) is 11.2. The van der Waals surface area contributed by atoms with Crippen LogP contribution in [0.2, 0.25) is 0 Å². The molecule has 0 saturated carbocycles. The van der Waals surface area contributed by atoms with Crippen LogP contribution in [0.3, 0.4) is 0 Å². The number of aromatic nitrogens is 4. The standard InChI is InChI=1S/C44H26N4S/c1-2-9-28(10-3-1)42-46-43(48-44(47-42)31-20-21-34-33-13-6-7-15-39(33)49-40(34)26-31)29-18-16-27(17-19-29)37-25-30-11-4-5-12-32(30)41-35(37)22-23-38-36(41)14-8-24-45-38/h1-26H. The molecule has 0 saturated heterocycles. The molecule has 7 aromatic carbocycles. The van der Waals surface area contributed by atoms with Gasteiger partial charge in [0.15, 0.2) is 17.5 Å². The summed E-state index contributed by atoms with van der Waals surface area (Å²) in [5.74, 6) is 1.96. The van der Waals surface area contributed by atoms with Crippen molar-refractivity contribution in [2.24, 2.45) is 0 Å². The maximum absolute atomic E-state index is 5.06. The number of benzene rings is 7. The van der Waals surface area contributed by atoms with Crippen molar-refractivity contribution in [1.82, 2.24) is 19.9 Å². The van der Waals surface area contributed by atoms with Gasteiger partial charge < -0.3 is 0 Å². The minimum Gasteiger partial charge on any atom is -0.256 e. The molecule has 0 bridgehead atoms. The molecule has 0 fully saturated rings. The number of hydrogen-bond donors (Lipinski definition) is 0. The number of hydrogen-bond acceptors (Lipinski definition) is 5. The zero-order valence-corrected chi connectivity index (χ0v) is 27.0. The van der Waals surface area contributed by atoms with Gasteiger partial charge in [-0.15, -0.1) is 11.3 Å². The van der Waals surface area contributed by atoms with E-state index in [1.165, 1.54) is 47.3 Å². The van der Waals surface area contributed by atoms with E-state index in [4.69, 9.17) is 15.0 Å². The van der Waals surface area contributed by atoms with E-state index in [1.54, 1.807) is 11.3 Å². The van der Waals surface area contributed by atoms with Crippen LogP contribution in [0.4, 0.5) is 0 Å². The predicted octanol–water partition coefficient (Wildman–Crippen LogP) is 11.8. The first kappa shape index (κ1) is 27.8. The largest absolute Gasteiger partial charge is 0.256 e. The van der Waals surface area contributed by atoms with Crippen LogP contribution in [0.5, 0.6) is 0 Å². The van der Waals surface area contributed by atoms with Crippen LogP contribution in [0.25, 0.3) is 97.9 Å². The fourth-order valence-electron chi connectivity index (χ4n) is 7.00. The Kier molecular flexibility index (Phi) is 6.32. The van der Waals surface area contributed by atoms with Gasteiger partial charge in [0, 0.05) is 48.4 Å². The average Bonchev–Trinajstić information content (AvgIpc) is 3.55. The zero-order valence-electron chi connectivity index (χ0n) is 26.2. The third-order valence-corrected chi connectivity index (χ3v) is 10.5. The Morgan fingerprint density at radius 1 is 0.388 bits per heavy atom. The zero-order chi connectivity index (χ0) is 32.3. The number of nitrogens with zero attached hydrogens (tertiary/aromatic N) is 4. The van der Waals surface area contributed by atoms with Gasteiger partial charge in [0.25, 0.3) is 0 Å². The van der Waals surface area contributed by atoms with Crippen LogP contribution in [-0.4, -0.2) is 19.9 Å². The fourth-order valence-corrected chi connectivity index (χ4v) is 8.15. The van der Waals surface area contributed by atoms with Gasteiger partial charge in [-0.25, -0.2) is 15.0 Å². The Morgan fingerprint density at radius 3 is 1.84 bits per heavy atom. The summed E-state index contributed by atoms with van der Waals surface area (Å²) in [5.41, 5.74) is 6.18. The highest BCUT2D eigenvalue weighted by Crippen LogP contribution is 2.40. The van der Waals surface area contributed by atoms with Crippen molar-refractivity contribution in [1.29, 1.82) is 0 Å². The average molecular weight is 643 g/mol. The van der Waals surface area contributed by atoms with E-state index in [1.807, 2.05) is 42.6 Å². The molecule has 3 heterocycles. The molecule has 0 aliphatic rings. The van der Waals surface area contributed by atoms with Crippen LogP contribution in [-0.2, 0) is 0 Å². The maximum Gasteiger partial charge on any atom is 0.164 e. The predicted molar refractivity (Wildman–Crippen MR) is 205 cm³/mol. The summed E-state index contributed by atoms with van der Waals surface area (Å²) in [5, 5.41) is 8.56. The van der Waals surface area contributed by atoms with E-state index >= 15 is 0 Å². The second-order valence-corrected chi connectivity index (χ2v) is 13.3. The molecule has 0 aliphatic heterocycles. The van der Waals surface area contributed by atoms with Crippen LogP contribution in [0.1, 0.15) is 0 Å². The Morgan fingerprint density at radius 2 is 1.00 bits per heavy atom. The molecule has 0 radical (unpaired) electrons. The Balaban J connectivity index is 1.12. The lowest BCUT2D eigenvalue weighted by Gasteiger charge is -2.14. The first-order valence-corrected chi connectivity index (χ1v) is 17.1. The van der Waals surface area contributed by atoms with Crippen molar-refractivity contribution in [2.45, 2.75) is 0 Å². The lowest BCUT2D eigenvalue weighted by molar-refractivity contribution is 1.07. The van der Waals surface area contributed by atoms with E-state index < -0.39 is 0 Å². The van der Waals surface area contributed by atoms with Crippen molar-refractivity contribution >= 4 is 64.0 Å². The summed E-state index contributed by atoms with van der Waals surface area (Å²) in [6.45, 7) is 0. The molecule has 0 spiro atoms. The first-order chi connectivity index (χ1) is 24.3. The molecule has 0 amide bonds. The lowest BCUT2D eigenvalue weighted by Crippen LogP contribution is -2.00. The highest BCUT2D eigenvalue weighted by Gasteiger charge is 2.16. The molecule has 0 unspecified atom stereocenters. The quantitative estimate of drug-likeness (QED) is 0.179. The second-order valence-electron chi connectivity index (χ2n) is 12.3. The molecule has 0 atom stereocenters. The highest BCUT2D eigenvalue weighted by atomic mass is 32.1. The van der Waals surface area contributed by atoms with Gasteiger partial charge in [-0.2, -0.15) is 0 Å². The van der Waals surface area contributed by atoms with Crippen molar-refractivity contribution in [3.63, 3.8) is 0 Å². The van der Waals surface area contributed by atoms with Gasteiger partial charge in [-0.3, -0.25) is 4.98 Å². The molecule has 10 rings (SSSR count). The summed E-state index contributed by atoms with van der Waals surface area (Å²) in [6, 6.07) is 53.3. The molecule has 228 valence electrons. The maximum atomic E-state index is 5.06. The summed E-state index contributed by atoms with van der Waals surface area (Å²) in [6.07, 6.45) is 1.86. The van der Waals surface area contributed by atoms with Gasteiger partial charge in [-0.1, -0.05) is 121 Å². The SMILES string of the molecule is c1ccc(-c2nc(-c3ccc(-c4cc5ccccc5c5c4ccc4ncccc45)cc3)nc(-c3ccc4c(c3)sc3ccccc34)n2)cc1. The third kappa shape index (κ3) is 4.66. The molecule has 10 aromatic rings. The Hall–Kier alpha value is -6.30. The fraction of sp³-hybridized carbons (Fsp3) is 0. The minimum atomic E-state index is 0.646. The topological polar surface area (TPSA) is 51.6 Å². The van der Waals surface area contributed by atoms with Crippen molar-refractivity contribution in [2.75, 3.05) is 0 Å². The molecular weight excluding hydrogens is 617 g/mol. The van der Waals surface area contributed by atoms with E-state index in [0.717, 1.165) is 33.2 Å². The molecule has 49 heavy (non-hydrogen) atoms. The number of fused-ring (bicyclic) bond motifs is 8. The van der Waals surface area contributed by atoms with Crippen molar-refractivity contribution < 1.29 is 0 Å². The molecule has 5 heteroatoms. The van der Waals surface area contributed by atoms with Gasteiger partial charge in [0.1, 0.15) is 0 Å². The van der Waals surface area contributed by atoms with Crippen LogP contribution < -0.4 is 0 Å². The van der Waals surface area contributed by atoms with Gasteiger partial charge in [0.05, 0.1) is 5.52 Å².